The first kappa shape index (κ1) is 21.1. The van der Waals surface area contributed by atoms with E-state index in [9.17, 15) is 18.0 Å². The lowest BCUT2D eigenvalue weighted by Gasteiger charge is -2.06. The van der Waals surface area contributed by atoms with Crippen LogP contribution in [0.3, 0.4) is 0 Å². The van der Waals surface area contributed by atoms with Crippen LogP contribution in [-0.4, -0.2) is 34.7 Å². The molecule has 3 heterocycles. The van der Waals surface area contributed by atoms with Gasteiger partial charge in [0.1, 0.15) is 0 Å². The minimum atomic E-state index is -5.08. The second-order valence-corrected chi connectivity index (χ2v) is 6.92. The standard InChI is InChI=1S/C14H14ClN3OS.C2HF3O2/c15-13-10(4-2-8-17-13)18-14(19)12-6-5-11(20-12)9-3-1-7-16-9;3-2(4,5)1(6)7/h2,4-6,8-9,16H,1,3,7H2,(H,18,19);(H,6,7). The van der Waals surface area contributed by atoms with Gasteiger partial charge in [-0.3, -0.25) is 4.79 Å². The first-order valence-electron chi connectivity index (χ1n) is 7.73. The summed E-state index contributed by atoms with van der Waals surface area (Å²) in [7, 11) is 0. The van der Waals surface area contributed by atoms with Gasteiger partial charge in [0, 0.05) is 17.1 Å². The first-order valence-corrected chi connectivity index (χ1v) is 8.93. The van der Waals surface area contributed by atoms with Crippen LogP contribution in [0.2, 0.25) is 5.15 Å². The minimum absolute atomic E-state index is 0.144. The molecule has 3 N–H and O–H groups in total. The molecule has 1 fully saturated rings. The van der Waals surface area contributed by atoms with E-state index < -0.39 is 12.1 Å². The summed E-state index contributed by atoms with van der Waals surface area (Å²) in [5, 5.41) is 13.6. The summed E-state index contributed by atoms with van der Waals surface area (Å²) >= 11 is 7.46. The van der Waals surface area contributed by atoms with E-state index in [-0.39, 0.29) is 5.91 Å². The van der Waals surface area contributed by atoms with Crippen molar-refractivity contribution in [1.29, 1.82) is 0 Å². The van der Waals surface area contributed by atoms with Crippen LogP contribution in [0, 0.1) is 0 Å². The van der Waals surface area contributed by atoms with E-state index >= 15 is 0 Å². The van der Waals surface area contributed by atoms with Gasteiger partial charge in [-0.15, -0.1) is 11.3 Å². The van der Waals surface area contributed by atoms with Gasteiger partial charge in [0.2, 0.25) is 0 Å². The normalized spacial score (nSPS) is 16.4. The van der Waals surface area contributed by atoms with Crippen LogP contribution in [-0.2, 0) is 4.79 Å². The number of aromatic nitrogens is 1. The second kappa shape index (κ2) is 9.16. The lowest BCUT2D eigenvalue weighted by atomic mass is 10.2. The minimum Gasteiger partial charge on any atom is -0.475 e. The largest absolute Gasteiger partial charge is 0.490 e. The SMILES string of the molecule is O=C(Nc1cccnc1Cl)c1ccc(C2CCCN2)s1.O=C(O)C(F)(F)F. The van der Waals surface area contributed by atoms with Gasteiger partial charge in [0.15, 0.2) is 5.15 Å². The van der Waals surface area contributed by atoms with Crippen molar-refractivity contribution in [1.82, 2.24) is 10.3 Å². The summed E-state index contributed by atoms with van der Waals surface area (Å²) < 4.78 is 31.7. The van der Waals surface area contributed by atoms with Gasteiger partial charge in [-0.2, -0.15) is 13.2 Å². The molecule has 2 aromatic heterocycles. The summed E-state index contributed by atoms with van der Waals surface area (Å²) in [5.74, 6) is -2.90. The zero-order valence-electron chi connectivity index (χ0n) is 13.7. The molecule has 0 spiro atoms. The van der Waals surface area contributed by atoms with Gasteiger partial charge < -0.3 is 15.7 Å². The molecule has 1 atom stereocenters. The Labute approximate surface area is 161 Å². The van der Waals surface area contributed by atoms with Crippen molar-refractivity contribution in [3.05, 3.63) is 45.4 Å². The highest BCUT2D eigenvalue weighted by atomic mass is 35.5. The number of carboxylic acid groups (broad SMARTS) is 1. The average molecular weight is 422 g/mol. The third kappa shape index (κ3) is 6.19. The lowest BCUT2D eigenvalue weighted by molar-refractivity contribution is -0.192. The van der Waals surface area contributed by atoms with Gasteiger partial charge >= 0.3 is 12.1 Å². The van der Waals surface area contributed by atoms with E-state index in [0.29, 0.717) is 21.8 Å². The number of thiophene rings is 1. The molecule has 1 aliphatic rings. The fraction of sp³-hybridized carbons (Fsp3) is 0.312. The van der Waals surface area contributed by atoms with Crippen molar-refractivity contribution in [3.63, 3.8) is 0 Å². The maximum absolute atomic E-state index is 12.2. The molecule has 0 saturated carbocycles. The van der Waals surface area contributed by atoms with Gasteiger partial charge in [0.05, 0.1) is 10.6 Å². The van der Waals surface area contributed by atoms with Gasteiger partial charge in [-0.1, -0.05) is 11.6 Å². The number of nitrogens with zero attached hydrogens (tertiary/aromatic N) is 1. The Hall–Kier alpha value is -2.17. The van der Waals surface area contributed by atoms with Crippen LogP contribution in [0.15, 0.2) is 30.5 Å². The van der Waals surface area contributed by atoms with Crippen LogP contribution in [0.1, 0.15) is 33.4 Å². The van der Waals surface area contributed by atoms with Crippen molar-refractivity contribution in [2.75, 3.05) is 11.9 Å². The quantitative estimate of drug-likeness (QED) is 0.649. The average Bonchev–Trinajstić information content (AvgIpc) is 3.28. The zero-order valence-corrected chi connectivity index (χ0v) is 15.3. The summed E-state index contributed by atoms with van der Waals surface area (Å²) in [4.78, 5) is 26.9. The van der Waals surface area contributed by atoms with E-state index in [2.05, 4.69) is 15.6 Å². The van der Waals surface area contributed by atoms with Gasteiger partial charge in [0.25, 0.3) is 5.91 Å². The highest BCUT2D eigenvalue weighted by Crippen LogP contribution is 2.30. The van der Waals surface area contributed by atoms with Crippen LogP contribution in [0.5, 0.6) is 0 Å². The number of halogens is 4. The van der Waals surface area contributed by atoms with E-state index in [1.807, 2.05) is 12.1 Å². The van der Waals surface area contributed by atoms with Crippen molar-refractivity contribution >= 4 is 40.5 Å². The maximum Gasteiger partial charge on any atom is 0.490 e. The Bertz CT molecular complexity index is 807. The monoisotopic (exact) mass is 421 g/mol. The number of anilines is 1. The Morgan fingerprint density at radius 2 is 2.04 bits per heavy atom. The number of aliphatic carboxylic acids is 1. The second-order valence-electron chi connectivity index (χ2n) is 5.45. The van der Waals surface area contributed by atoms with E-state index in [4.69, 9.17) is 21.5 Å². The predicted molar refractivity (Wildman–Crippen MR) is 95.2 cm³/mol. The number of alkyl halides is 3. The molecule has 1 unspecified atom stereocenters. The van der Waals surface area contributed by atoms with Crippen molar-refractivity contribution in [3.8, 4) is 0 Å². The molecule has 2 aromatic rings. The Morgan fingerprint density at radius 3 is 2.59 bits per heavy atom. The molecule has 146 valence electrons. The number of carbonyl (C=O) groups excluding carboxylic acids is 1. The highest BCUT2D eigenvalue weighted by molar-refractivity contribution is 7.14. The van der Waals surface area contributed by atoms with E-state index in [1.165, 1.54) is 22.6 Å². The molecule has 0 bridgehead atoms. The fourth-order valence-electron chi connectivity index (χ4n) is 2.25. The fourth-order valence-corrected chi connectivity index (χ4v) is 3.43. The van der Waals surface area contributed by atoms with E-state index in [1.54, 1.807) is 18.3 Å². The number of hydrogen-bond acceptors (Lipinski definition) is 5. The molecular weight excluding hydrogens is 407 g/mol. The molecule has 1 aliphatic heterocycles. The number of rotatable bonds is 3. The lowest BCUT2D eigenvalue weighted by Crippen LogP contribution is -2.21. The zero-order chi connectivity index (χ0) is 20.0. The Morgan fingerprint density at radius 1 is 1.33 bits per heavy atom. The number of amides is 1. The molecule has 0 aliphatic carbocycles. The molecular formula is C16H15ClF3N3O3S. The summed E-state index contributed by atoms with van der Waals surface area (Å²) in [5.41, 5.74) is 0.535. The molecule has 3 rings (SSSR count). The maximum atomic E-state index is 12.2. The smallest absolute Gasteiger partial charge is 0.475 e. The Kier molecular flexibility index (Phi) is 7.17. The van der Waals surface area contributed by atoms with Crippen molar-refractivity contribution in [2.45, 2.75) is 25.1 Å². The number of pyridine rings is 1. The van der Waals surface area contributed by atoms with Gasteiger partial charge in [-0.25, -0.2) is 9.78 Å². The van der Waals surface area contributed by atoms with Crippen molar-refractivity contribution < 1.29 is 27.9 Å². The predicted octanol–water partition coefficient (Wildman–Crippen LogP) is 4.11. The van der Waals surface area contributed by atoms with Crippen LogP contribution < -0.4 is 10.6 Å². The molecule has 27 heavy (non-hydrogen) atoms. The first-order chi connectivity index (χ1) is 12.7. The molecule has 6 nitrogen and oxygen atoms in total. The summed E-state index contributed by atoms with van der Waals surface area (Å²) in [6.07, 6.45) is -1.17. The molecule has 0 aromatic carbocycles. The van der Waals surface area contributed by atoms with Crippen molar-refractivity contribution in [2.24, 2.45) is 0 Å². The highest BCUT2D eigenvalue weighted by Gasteiger charge is 2.38. The van der Waals surface area contributed by atoms with Crippen LogP contribution in [0.4, 0.5) is 18.9 Å². The van der Waals surface area contributed by atoms with Crippen LogP contribution >= 0.6 is 22.9 Å². The summed E-state index contributed by atoms with van der Waals surface area (Å²) in [6, 6.07) is 7.75. The number of hydrogen-bond donors (Lipinski definition) is 3. The molecule has 1 amide bonds. The number of carbonyl (C=O) groups is 2. The third-order valence-electron chi connectivity index (χ3n) is 3.50. The topological polar surface area (TPSA) is 91.3 Å². The van der Waals surface area contributed by atoms with E-state index in [0.717, 1.165) is 13.0 Å². The molecule has 0 radical (unpaired) electrons. The molecule has 1 saturated heterocycles. The number of carboxylic acids is 1. The Balaban J connectivity index is 0.000000321. The number of nitrogens with one attached hydrogen (secondary N) is 2. The van der Waals surface area contributed by atoms with Gasteiger partial charge in [-0.05, 0) is 43.7 Å². The third-order valence-corrected chi connectivity index (χ3v) is 5.00. The van der Waals surface area contributed by atoms with Crippen LogP contribution in [0.25, 0.3) is 0 Å². The summed E-state index contributed by atoms with van der Waals surface area (Å²) in [6.45, 7) is 1.05. The molecule has 11 heteroatoms.